The summed E-state index contributed by atoms with van der Waals surface area (Å²) in [5, 5.41) is 7.82. The fourth-order valence-electron chi connectivity index (χ4n) is 2.18. The van der Waals surface area contributed by atoms with Gasteiger partial charge in [-0.1, -0.05) is 0 Å². The van der Waals surface area contributed by atoms with E-state index in [1.54, 1.807) is 6.20 Å². The SMILES string of the molecule is O=C(c1ccc2[nH]ncc2c1)N1CCCC1. The molecule has 0 saturated carbocycles. The molecule has 4 heteroatoms. The number of nitrogens with one attached hydrogen (secondary N) is 1. The summed E-state index contributed by atoms with van der Waals surface area (Å²) in [6.07, 6.45) is 4.00. The number of benzene rings is 1. The summed E-state index contributed by atoms with van der Waals surface area (Å²) < 4.78 is 0. The van der Waals surface area contributed by atoms with Crippen LogP contribution in [0.4, 0.5) is 0 Å². The monoisotopic (exact) mass is 215 g/mol. The Kier molecular flexibility index (Phi) is 2.13. The Morgan fingerprint density at radius 1 is 1.31 bits per heavy atom. The van der Waals surface area contributed by atoms with Gasteiger partial charge in [-0.15, -0.1) is 0 Å². The molecule has 1 aliphatic rings. The summed E-state index contributed by atoms with van der Waals surface area (Å²) in [6, 6.07) is 5.67. The predicted molar refractivity (Wildman–Crippen MR) is 61.2 cm³/mol. The molecule has 1 aromatic carbocycles. The van der Waals surface area contributed by atoms with Crippen molar-refractivity contribution in [2.75, 3.05) is 13.1 Å². The molecule has 1 amide bonds. The van der Waals surface area contributed by atoms with Crippen molar-refractivity contribution in [1.29, 1.82) is 0 Å². The number of nitrogens with zero attached hydrogens (tertiary/aromatic N) is 2. The third-order valence-corrected chi connectivity index (χ3v) is 3.08. The lowest BCUT2D eigenvalue weighted by atomic mass is 10.1. The first-order valence-electron chi connectivity index (χ1n) is 5.57. The molecule has 0 bridgehead atoms. The van der Waals surface area contributed by atoms with Gasteiger partial charge in [-0.2, -0.15) is 5.10 Å². The van der Waals surface area contributed by atoms with Gasteiger partial charge in [-0.05, 0) is 31.0 Å². The number of fused-ring (bicyclic) bond motifs is 1. The highest BCUT2D eigenvalue weighted by Crippen LogP contribution is 2.17. The molecule has 3 rings (SSSR count). The minimum absolute atomic E-state index is 0.139. The molecule has 82 valence electrons. The highest BCUT2D eigenvalue weighted by Gasteiger charge is 2.19. The minimum atomic E-state index is 0.139. The predicted octanol–water partition coefficient (Wildman–Crippen LogP) is 1.80. The second-order valence-corrected chi connectivity index (χ2v) is 4.17. The van der Waals surface area contributed by atoms with Crippen molar-refractivity contribution in [3.05, 3.63) is 30.0 Å². The summed E-state index contributed by atoms with van der Waals surface area (Å²) in [7, 11) is 0. The maximum Gasteiger partial charge on any atom is 0.253 e. The second kappa shape index (κ2) is 3.63. The van der Waals surface area contributed by atoms with E-state index >= 15 is 0 Å². The van der Waals surface area contributed by atoms with Gasteiger partial charge in [-0.3, -0.25) is 9.89 Å². The fourth-order valence-corrected chi connectivity index (χ4v) is 2.18. The number of carbonyl (C=O) groups excluding carboxylic acids is 1. The van der Waals surface area contributed by atoms with Gasteiger partial charge in [-0.25, -0.2) is 0 Å². The van der Waals surface area contributed by atoms with E-state index < -0.39 is 0 Å². The number of likely N-dealkylation sites (tertiary alicyclic amines) is 1. The Bertz CT molecular complexity index is 526. The van der Waals surface area contributed by atoms with Gasteiger partial charge in [0.1, 0.15) is 0 Å². The topological polar surface area (TPSA) is 49.0 Å². The smallest absolute Gasteiger partial charge is 0.253 e. The van der Waals surface area contributed by atoms with Gasteiger partial charge in [0.05, 0.1) is 11.7 Å². The van der Waals surface area contributed by atoms with E-state index in [4.69, 9.17) is 0 Å². The lowest BCUT2D eigenvalue weighted by Gasteiger charge is -2.14. The Labute approximate surface area is 93.3 Å². The third kappa shape index (κ3) is 1.46. The molecule has 0 unspecified atom stereocenters. The first-order chi connectivity index (χ1) is 7.84. The van der Waals surface area contributed by atoms with Gasteiger partial charge in [0.15, 0.2) is 0 Å². The zero-order chi connectivity index (χ0) is 11.0. The summed E-state index contributed by atoms with van der Waals surface area (Å²) in [6.45, 7) is 1.78. The molecule has 0 spiro atoms. The summed E-state index contributed by atoms with van der Waals surface area (Å²) in [5.41, 5.74) is 1.73. The number of aromatic amines is 1. The highest BCUT2D eigenvalue weighted by molar-refractivity contribution is 5.97. The summed E-state index contributed by atoms with van der Waals surface area (Å²) >= 11 is 0. The van der Waals surface area contributed by atoms with Crippen LogP contribution >= 0.6 is 0 Å². The molecule has 16 heavy (non-hydrogen) atoms. The van der Waals surface area contributed by atoms with E-state index in [1.807, 2.05) is 23.1 Å². The van der Waals surface area contributed by atoms with E-state index in [1.165, 1.54) is 0 Å². The molecule has 1 saturated heterocycles. The van der Waals surface area contributed by atoms with E-state index in [9.17, 15) is 4.79 Å². The van der Waals surface area contributed by atoms with Crippen LogP contribution in [0.25, 0.3) is 10.9 Å². The molecule has 0 radical (unpaired) electrons. The molecule has 4 nitrogen and oxygen atoms in total. The first-order valence-corrected chi connectivity index (χ1v) is 5.57. The van der Waals surface area contributed by atoms with Crippen molar-refractivity contribution in [3.8, 4) is 0 Å². The second-order valence-electron chi connectivity index (χ2n) is 4.17. The van der Waals surface area contributed by atoms with E-state index in [0.29, 0.717) is 0 Å². The average molecular weight is 215 g/mol. The third-order valence-electron chi connectivity index (χ3n) is 3.08. The summed E-state index contributed by atoms with van der Waals surface area (Å²) in [5.74, 6) is 0.139. The van der Waals surface area contributed by atoms with Crippen LogP contribution in [0.1, 0.15) is 23.2 Å². The van der Waals surface area contributed by atoms with Crippen LogP contribution in [-0.2, 0) is 0 Å². The van der Waals surface area contributed by atoms with Crippen molar-refractivity contribution in [3.63, 3.8) is 0 Å². The molecular weight excluding hydrogens is 202 g/mol. The number of aromatic nitrogens is 2. The molecule has 1 N–H and O–H groups in total. The number of H-pyrrole nitrogens is 1. The van der Waals surface area contributed by atoms with Gasteiger partial charge >= 0.3 is 0 Å². The molecule has 2 heterocycles. The lowest BCUT2D eigenvalue weighted by molar-refractivity contribution is 0.0793. The molecule has 1 fully saturated rings. The van der Waals surface area contributed by atoms with Crippen molar-refractivity contribution >= 4 is 16.8 Å². The summed E-state index contributed by atoms with van der Waals surface area (Å²) in [4.78, 5) is 14.0. The van der Waals surface area contributed by atoms with Crippen LogP contribution in [0.3, 0.4) is 0 Å². The van der Waals surface area contributed by atoms with Gasteiger partial charge in [0, 0.05) is 24.0 Å². The maximum absolute atomic E-state index is 12.1. The van der Waals surface area contributed by atoms with Crippen molar-refractivity contribution in [1.82, 2.24) is 15.1 Å². The number of rotatable bonds is 1. The van der Waals surface area contributed by atoms with Crippen molar-refractivity contribution in [2.45, 2.75) is 12.8 Å². The zero-order valence-electron chi connectivity index (χ0n) is 8.94. The first kappa shape index (κ1) is 9.39. The largest absolute Gasteiger partial charge is 0.339 e. The number of carbonyl (C=O) groups is 1. The molecule has 1 aromatic heterocycles. The average Bonchev–Trinajstić information content (AvgIpc) is 2.98. The molecule has 1 aliphatic heterocycles. The molecule has 0 aliphatic carbocycles. The Morgan fingerprint density at radius 3 is 2.94 bits per heavy atom. The standard InChI is InChI=1S/C12H13N3O/c16-12(15-5-1-2-6-15)9-3-4-11-10(7-9)8-13-14-11/h3-4,7-8H,1-2,5-6H2,(H,13,14). The highest BCUT2D eigenvalue weighted by atomic mass is 16.2. The number of amides is 1. The number of hydrogen-bond donors (Lipinski definition) is 1. The van der Waals surface area contributed by atoms with Crippen LogP contribution in [0.5, 0.6) is 0 Å². The van der Waals surface area contributed by atoms with Gasteiger partial charge in [0.2, 0.25) is 0 Å². The van der Waals surface area contributed by atoms with Crippen LogP contribution < -0.4 is 0 Å². The van der Waals surface area contributed by atoms with Gasteiger partial charge < -0.3 is 4.90 Å². The fraction of sp³-hybridized carbons (Fsp3) is 0.333. The minimum Gasteiger partial charge on any atom is -0.339 e. The van der Waals surface area contributed by atoms with E-state index in [-0.39, 0.29) is 5.91 Å². The van der Waals surface area contributed by atoms with Crippen molar-refractivity contribution in [2.24, 2.45) is 0 Å². The normalized spacial score (nSPS) is 15.9. The van der Waals surface area contributed by atoms with Crippen LogP contribution in [0.15, 0.2) is 24.4 Å². The maximum atomic E-state index is 12.1. The van der Waals surface area contributed by atoms with E-state index in [0.717, 1.165) is 42.4 Å². The van der Waals surface area contributed by atoms with Crippen LogP contribution in [0, 0.1) is 0 Å². The lowest BCUT2D eigenvalue weighted by Crippen LogP contribution is -2.27. The Hall–Kier alpha value is -1.84. The number of hydrogen-bond acceptors (Lipinski definition) is 2. The van der Waals surface area contributed by atoms with Crippen LogP contribution in [0.2, 0.25) is 0 Å². The molecule has 2 aromatic rings. The van der Waals surface area contributed by atoms with Crippen molar-refractivity contribution < 1.29 is 4.79 Å². The van der Waals surface area contributed by atoms with Crippen LogP contribution in [-0.4, -0.2) is 34.1 Å². The Balaban J connectivity index is 1.95. The quantitative estimate of drug-likeness (QED) is 0.788. The Morgan fingerprint density at radius 2 is 2.12 bits per heavy atom. The molecule has 0 atom stereocenters. The van der Waals surface area contributed by atoms with Gasteiger partial charge in [0.25, 0.3) is 5.91 Å². The zero-order valence-corrected chi connectivity index (χ0v) is 8.94. The van der Waals surface area contributed by atoms with E-state index in [2.05, 4.69) is 10.2 Å². The molecular formula is C12H13N3O.